The van der Waals surface area contributed by atoms with E-state index in [1.54, 1.807) is 0 Å². The molecule has 3 heteroatoms. The summed E-state index contributed by atoms with van der Waals surface area (Å²) in [6, 6.07) is 7.57. The molecule has 1 rings (SSSR count). The summed E-state index contributed by atoms with van der Waals surface area (Å²) in [6.45, 7) is 2.00. The third kappa shape index (κ3) is 2.01. The van der Waals surface area contributed by atoms with E-state index in [4.69, 9.17) is 0 Å². The number of hydrogen-bond acceptors (Lipinski definition) is 1. The zero-order valence-electron chi connectivity index (χ0n) is 5.50. The minimum Gasteiger partial charge on any atom is -0.601 e. The number of aryl methyl sites for hydroxylation is 1. The maximum atomic E-state index is 10.8. The van der Waals surface area contributed by atoms with Crippen molar-refractivity contribution in [2.75, 3.05) is 0 Å². The van der Waals surface area contributed by atoms with Crippen LogP contribution < -0.4 is 0 Å². The molecular weight excluding hydrogens is 212 g/mol. The van der Waals surface area contributed by atoms with Gasteiger partial charge in [0.2, 0.25) is 14.8 Å². The van der Waals surface area contributed by atoms with Crippen LogP contribution in [-0.2, 0) is 9.61 Å². The second-order valence-electron chi connectivity index (χ2n) is 2.04. The predicted molar refractivity (Wildman–Crippen MR) is 46.5 cm³/mol. The van der Waals surface area contributed by atoms with Gasteiger partial charge in [-0.15, -0.1) is 0 Å². The Bertz CT molecular complexity index is 207. The van der Waals surface area contributed by atoms with Crippen molar-refractivity contribution in [3.63, 3.8) is 0 Å². The van der Waals surface area contributed by atoms with E-state index in [-0.39, 0.29) is 0 Å². The van der Waals surface area contributed by atoms with Crippen molar-refractivity contribution in [1.82, 2.24) is 0 Å². The van der Waals surface area contributed by atoms with Crippen LogP contribution in [0.15, 0.2) is 29.2 Å². The number of rotatable bonds is 1. The average molecular weight is 219 g/mol. The molecule has 0 aliphatic rings. The molecule has 54 valence electrons. The molecule has 0 saturated heterocycles. The van der Waals surface area contributed by atoms with E-state index >= 15 is 0 Å². The van der Waals surface area contributed by atoms with Crippen LogP contribution in [0.25, 0.3) is 0 Å². The molecule has 10 heavy (non-hydrogen) atoms. The molecule has 0 N–H and O–H groups in total. The van der Waals surface area contributed by atoms with Crippen molar-refractivity contribution < 1.29 is 4.55 Å². The molecular formula is C7H7BrOS. The maximum Gasteiger partial charge on any atom is 0.237 e. The molecule has 0 aromatic heterocycles. The highest BCUT2D eigenvalue weighted by Gasteiger charge is 2.03. The van der Waals surface area contributed by atoms with Crippen molar-refractivity contribution in [2.45, 2.75) is 11.8 Å². The molecule has 1 unspecified atom stereocenters. The smallest absolute Gasteiger partial charge is 0.237 e. The van der Waals surface area contributed by atoms with Crippen molar-refractivity contribution in [2.24, 2.45) is 0 Å². The van der Waals surface area contributed by atoms with Crippen LogP contribution in [-0.4, -0.2) is 4.55 Å². The second kappa shape index (κ2) is 3.42. The lowest BCUT2D eigenvalue weighted by atomic mass is 10.2. The van der Waals surface area contributed by atoms with Crippen LogP contribution in [0, 0.1) is 6.92 Å². The Balaban J connectivity index is 2.89. The highest BCUT2D eigenvalue weighted by Crippen LogP contribution is 2.16. The fraction of sp³-hybridized carbons (Fsp3) is 0.143. The molecule has 0 aliphatic heterocycles. The Hall–Kier alpha value is 0.01000. The molecule has 0 radical (unpaired) electrons. The summed E-state index contributed by atoms with van der Waals surface area (Å²) in [5.41, 5.74) is 1.18. The van der Waals surface area contributed by atoms with Crippen LogP contribution in [0.3, 0.4) is 0 Å². The number of benzene rings is 1. The van der Waals surface area contributed by atoms with E-state index in [1.807, 2.05) is 31.2 Å². The van der Waals surface area contributed by atoms with Gasteiger partial charge in [0, 0.05) is 0 Å². The highest BCUT2D eigenvalue weighted by atomic mass is 79.9. The van der Waals surface area contributed by atoms with Gasteiger partial charge in [0.25, 0.3) is 0 Å². The standard InChI is InChI=1S/C7H7BrOS/c1-6-2-4-7(5-3-6)10(8)9/h2-5H,1H3. The third-order valence-electron chi connectivity index (χ3n) is 1.21. The van der Waals surface area contributed by atoms with Gasteiger partial charge in [-0.1, -0.05) is 17.7 Å². The lowest BCUT2D eigenvalue weighted by molar-refractivity contribution is 0.610. The molecule has 1 aromatic carbocycles. The van der Waals surface area contributed by atoms with E-state index in [2.05, 4.69) is 14.8 Å². The van der Waals surface area contributed by atoms with E-state index < -0.39 is 9.61 Å². The lowest BCUT2D eigenvalue weighted by Gasteiger charge is -1.99. The van der Waals surface area contributed by atoms with Crippen molar-refractivity contribution in [1.29, 1.82) is 0 Å². The summed E-state index contributed by atoms with van der Waals surface area (Å²) in [4.78, 5) is 0.811. The summed E-state index contributed by atoms with van der Waals surface area (Å²) in [5.74, 6) is 0. The van der Waals surface area contributed by atoms with Gasteiger partial charge in [-0.05, 0) is 19.1 Å². The zero-order valence-corrected chi connectivity index (χ0v) is 7.91. The van der Waals surface area contributed by atoms with Gasteiger partial charge in [-0.3, -0.25) is 0 Å². The molecule has 0 bridgehead atoms. The average Bonchev–Trinajstić information content (AvgIpc) is 1.88. The van der Waals surface area contributed by atoms with Gasteiger partial charge >= 0.3 is 0 Å². The fourth-order valence-corrected chi connectivity index (χ4v) is 1.64. The lowest BCUT2D eigenvalue weighted by Crippen LogP contribution is -1.88. The first-order chi connectivity index (χ1) is 4.70. The quantitative estimate of drug-likeness (QED) is 0.665. The van der Waals surface area contributed by atoms with Gasteiger partial charge in [0.1, 0.15) is 0 Å². The van der Waals surface area contributed by atoms with Gasteiger partial charge in [0.15, 0.2) is 4.90 Å². The first-order valence-corrected chi connectivity index (χ1v) is 5.84. The number of hydrogen-bond donors (Lipinski definition) is 0. The molecule has 1 aromatic rings. The van der Waals surface area contributed by atoms with Crippen molar-refractivity contribution >= 4 is 24.4 Å². The number of halogens is 1. The minimum atomic E-state index is -1.02. The van der Waals surface area contributed by atoms with Gasteiger partial charge in [0.05, 0.1) is 9.61 Å². The Morgan fingerprint density at radius 1 is 1.30 bits per heavy atom. The molecule has 0 spiro atoms. The van der Waals surface area contributed by atoms with E-state index in [1.165, 1.54) is 5.56 Å². The molecule has 1 atom stereocenters. The molecule has 0 aliphatic carbocycles. The topological polar surface area (TPSA) is 23.1 Å². The summed E-state index contributed by atoms with van der Waals surface area (Å²) in [5, 5.41) is 0. The van der Waals surface area contributed by atoms with E-state index in [0.29, 0.717) is 0 Å². The largest absolute Gasteiger partial charge is 0.601 e. The van der Waals surface area contributed by atoms with Crippen LogP contribution >= 0.6 is 14.8 Å². The Morgan fingerprint density at radius 3 is 2.20 bits per heavy atom. The van der Waals surface area contributed by atoms with Crippen molar-refractivity contribution in [3.05, 3.63) is 29.8 Å². The van der Waals surface area contributed by atoms with E-state index in [0.717, 1.165) is 4.90 Å². The SMILES string of the molecule is Cc1ccc([S+]([O-])Br)cc1. The Morgan fingerprint density at radius 2 is 1.80 bits per heavy atom. The van der Waals surface area contributed by atoms with Crippen LogP contribution in [0.5, 0.6) is 0 Å². The molecule has 0 fully saturated rings. The van der Waals surface area contributed by atoms with Gasteiger partial charge < -0.3 is 4.55 Å². The van der Waals surface area contributed by atoms with Crippen LogP contribution in [0.4, 0.5) is 0 Å². The Labute approximate surface area is 70.8 Å². The first kappa shape index (κ1) is 8.11. The van der Waals surface area contributed by atoms with Gasteiger partial charge in [-0.2, -0.15) is 0 Å². The summed E-state index contributed by atoms with van der Waals surface area (Å²) >= 11 is 2.98. The normalized spacial score (nSPS) is 13.1. The summed E-state index contributed by atoms with van der Waals surface area (Å²) in [7, 11) is -1.02. The molecule has 1 nitrogen and oxygen atoms in total. The monoisotopic (exact) mass is 218 g/mol. The molecule has 0 heterocycles. The first-order valence-electron chi connectivity index (χ1n) is 2.85. The van der Waals surface area contributed by atoms with Gasteiger partial charge in [-0.25, -0.2) is 0 Å². The third-order valence-corrected chi connectivity index (χ3v) is 2.97. The fourth-order valence-electron chi connectivity index (χ4n) is 0.645. The van der Waals surface area contributed by atoms with E-state index in [9.17, 15) is 4.55 Å². The zero-order chi connectivity index (χ0) is 7.56. The van der Waals surface area contributed by atoms with Crippen LogP contribution in [0.2, 0.25) is 0 Å². The second-order valence-corrected chi connectivity index (χ2v) is 4.72. The van der Waals surface area contributed by atoms with Crippen LogP contribution in [0.1, 0.15) is 5.56 Å². The highest BCUT2D eigenvalue weighted by molar-refractivity contribution is 9.47. The molecule has 0 saturated carbocycles. The molecule has 0 amide bonds. The summed E-state index contributed by atoms with van der Waals surface area (Å²) in [6.07, 6.45) is 0. The predicted octanol–water partition coefficient (Wildman–Crippen LogP) is 2.41. The minimum absolute atomic E-state index is 0.811. The van der Waals surface area contributed by atoms with Crippen molar-refractivity contribution in [3.8, 4) is 0 Å². The maximum absolute atomic E-state index is 10.8. The Kier molecular flexibility index (Phi) is 2.77. The summed E-state index contributed by atoms with van der Waals surface area (Å²) < 4.78 is 10.8.